The van der Waals surface area contributed by atoms with Crippen LogP contribution in [0.25, 0.3) is 10.8 Å². The van der Waals surface area contributed by atoms with Gasteiger partial charge in [-0.15, -0.1) is 5.11 Å². The number of anilines is 1. The van der Waals surface area contributed by atoms with Gasteiger partial charge in [-0.05, 0) is 54.6 Å². The first-order chi connectivity index (χ1) is 18.5. The van der Waals surface area contributed by atoms with Crippen LogP contribution in [0, 0.1) is 0 Å². The van der Waals surface area contributed by atoms with E-state index in [4.69, 9.17) is 27.9 Å². The van der Waals surface area contributed by atoms with Crippen molar-refractivity contribution in [3.8, 4) is 11.5 Å². The van der Waals surface area contributed by atoms with E-state index in [2.05, 4.69) is 15.5 Å². The van der Waals surface area contributed by atoms with Gasteiger partial charge in [0.2, 0.25) is 0 Å². The molecule has 202 valence electrons. The van der Waals surface area contributed by atoms with Crippen molar-refractivity contribution < 1.29 is 57.2 Å². The molecule has 0 atom stereocenters. The standard InChI is InChI=1S/C27H23Cl2N3O6S.Na/c1-3-19-23(39(35,36)37)10-9-22(24(19)29)31-32-25-20-8-6-5-7-15(20)11-21(26(25)33)27(34)30-17-12-16(28)13-18(14-17)38-4-2;/h5-14,33H,3-4H2,1-2H3,(H,30,34)(H,35,36,37);/q;+1/p-1. The molecule has 0 saturated carbocycles. The van der Waals surface area contributed by atoms with E-state index in [1.54, 1.807) is 43.3 Å². The molecule has 4 rings (SSSR count). The number of carbonyl (C=O) groups excluding carboxylic acids is 1. The summed E-state index contributed by atoms with van der Waals surface area (Å²) in [4.78, 5) is 12.8. The van der Waals surface area contributed by atoms with Crippen molar-refractivity contribution in [1.29, 1.82) is 0 Å². The predicted molar refractivity (Wildman–Crippen MR) is 149 cm³/mol. The van der Waals surface area contributed by atoms with Crippen LogP contribution in [-0.4, -0.2) is 25.5 Å². The number of azo groups is 1. The number of hydrogen-bond acceptors (Lipinski definition) is 7. The molecule has 0 fully saturated rings. The third-order valence-corrected chi connectivity index (χ3v) is 7.31. The second kappa shape index (κ2) is 13.3. The number of amides is 1. The summed E-state index contributed by atoms with van der Waals surface area (Å²) in [7, 11) is -4.50. The molecular formula is C27H22Cl2N3NaO6S. The number of carbonyl (C=O) groups is 1. The molecule has 4 aromatic carbocycles. The minimum Gasteiger partial charge on any atom is -0.870 e. The molecule has 0 radical (unpaired) electrons. The molecule has 4 aromatic rings. The summed E-state index contributed by atoms with van der Waals surface area (Å²) < 4.78 is 38.3. The molecule has 0 aliphatic heterocycles. The van der Waals surface area contributed by atoms with Gasteiger partial charge in [0.1, 0.15) is 11.4 Å². The Morgan fingerprint density at radius 2 is 1.77 bits per heavy atom. The summed E-state index contributed by atoms with van der Waals surface area (Å²) >= 11 is 12.5. The van der Waals surface area contributed by atoms with Crippen molar-refractivity contribution in [2.45, 2.75) is 25.2 Å². The van der Waals surface area contributed by atoms with E-state index < -0.39 is 21.8 Å². The molecule has 0 saturated heterocycles. The molecule has 13 heteroatoms. The van der Waals surface area contributed by atoms with Gasteiger partial charge in [0, 0.05) is 27.7 Å². The van der Waals surface area contributed by atoms with Crippen LogP contribution in [-0.2, 0) is 16.5 Å². The van der Waals surface area contributed by atoms with Crippen molar-refractivity contribution in [3.63, 3.8) is 0 Å². The van der Waals surface area contributed by atoms with E-state index in [-0.39, 0.29) is 68.4 Å². The van der Waals surface area contributed by atoms with Crippen LogP contribution in [0.1, 0.15) is 29.8 Å². The normalized spacial score (nSPS) is 11.4. The Morgan fingerprint density at radius 1 is 1.05 bits per heavy atom. The van der Waals surface area contributed by atoms with Crippen LogP contribution in [0.4, 0.5) is 17.1 Å². The smallest absolute Gasteiger partial charge is 0.870 e. The molecule has 2 N–H and O–H groups in total. The molecule has 0 unspecified atom stereocenters. The topological polar surface area (TPSA) is 140 Å². The third-order valence-electron chi connectivity index (χ3n) is 5.73. The fourth-order valence-electron chi connectivity index (χ4n) is 4.00. The van der Waals surface area contributed by atoms with Gasteiger partial charge in [-0.1, -0.05) is 60.1 Å². The fourth-order valence-corrected chi connectivity index (χ4v) is 5.42. The zero-order valence-electron chi connectivity index (χ0n) is 21.7. The molecule has 40 heavy (non-hydrogen) atoms. The van der Waals surface area contributed by atoms with Gasteiger partial charge in [-0.25, -0.2) is 0 Å². The SMILES string of the molecule is CCOc1cc(Cl)cc(NC(=O)c2cc3ccccc3c(N=Nc3ccc(S(=O)(=O)O)c(CC)c3Cl)c2[O-])c1.[Na+]. The minimum atomic E-state index is -4.50. The summed E-state index contributed by atoms with van der Waals surface area (Å²) in [5.41, 5.74) is 0.296. The molecule has 0 aromatic heterocycles. The van der Waals surface area contributed by atoms with Gasteiger partial charge in [-0.3, -0.25) is 9.35 Å². The maximum absolute atomic E-state index is 13.5. The van der Waals surface area contributed by atoms with Gasteiger partial charge in [-0.2, -0.15) is 13.5 Å². The summed E-state index contributed by atoms with van der Waals surface area (Å²) in [6, 6.07) is 15.5. The third kappa shape index (κ3) is 6.95. The number of rotatable bonds is 8. The molecular weight excluding hydrogens is 588 g/mol. The van der Waals surface area contributed by atoms with Crippen LogP contribution in [0.5, 0.6) is 11.5 Å². The fraction of sp³-hybridized carbons (Fsp3) is 0.148. The van der Waals surface area contributed by atoms with Gasteiger partial charge in [0.15, 0.2) is 0 Å². The Hall–Kier alpha value is -2.70. The maximum atomic E-state index is 13.5. The number of fused-ring (bicyclic) bond motifs is 1. The largest absolute Gasteiger partial charge is 1.00 e. The van der Waals surface area contributed by atoms with Crippen LogP contribution in [0.15, 0.2) is 75.8 Å². The first kappa shape index (κ1) is 31.8. The molecule has 0 heterocycles. The molecule has 0 aliphatic carbocycles. The van der Waals surface area contributed by atoms with Crippen molar-refractivity contribution in [2.75, 3.05) is 11.9 Å². The minimum absolute atomic E-state index is 0. The number of nitrogens with zero attached hydrogens (tertiary/aromatic N) is 2. The van der Waals surface area contributed by atoms with Crippen LogP contribution < -0.4 is 44.7 Å². The number of hydrogen-bond donors (Lipinski definition) is 2. The number of benzene rings is 4. The summed E-state index contributed by atoms with van der Waals surface area (Å²) in [5.74, 6) is -0.905. The second-order valence-corrected chi connectivity index (χ2v) is 10.5. The van der Waals surface area contributed by atoms with E-state index in [0.717, 1.165) is 6.07 Å². The van der Waals surface area contributed by atoms with E-state index in [1.807, 2.05) is 6.92 Å². The van der Waals surface area contributed by atoms with E-state index >= 15 is 0 Å². The van der Waals surface area contributed by atoms with Crippen molar-refractivity contribution in [1.82, 2.24) is 0 Å². The number of halogens is 2. The molecule has 9 nitrogen and oxygen atoms in total. The quantitative estimate of drug-likeness (QED) is 0.175. The average Bonchev–Trinajstić information content (AvgIpc) is 2.87. The van der Waals surface area contributed by atoms with Gasteiger partial charge >= 0.3 is 29.6 Å². The first-order valence-corrected chi connectivity index (χ1v) is 13.9. The molecule has 0 spiro atoms. The van der Waals surface area contributed by atoms with E-state index in [0.29, 0.717) is 33.8 Å². The number of ether oxygens (including phenoxy) is 1. The van der Waals surface area contributed by atoms with E-state index in [9.17, 15) is 22.9 Å². The predicted octanol–water partition coefficient (Wildman–Crippen LogP) is 4.10. The van der Waals surface area contributed by atoms with Crippen molar-refractivity contribution in [3.05, 3.63) is 81.8 Å². The van der Waals surface area contributed by atoms with Crippen molar-refractivity contribution in [2.24, 2.45) is 10.2 Å². The van der Waals surface area contributed by atoms with Crippen LogP contribution in [0.3, 0.4) is 0 Å². The molecule has 0 aliphatic rings. The van der Waals surface area contributed by atoms with Gasteiger partial charge in [0.05, 0.1) is 22.2 Å². The number of nitrogens with one attached hydrogen (secondary N) is 1. The zero-order valence-corrected chi connectivity index (χ0v) is 26.1. The average molecular weight is 610 g/mol. The van der Waals surface area contributed by atoms with Crippen molar-refractivity contribution >= 4 is 67.1 Å². The summed E-state index contributed by atoms with van der Waals surface area (Å²) in [6.07, 6.45) is 0.192. The monoisotopic (exact) mass is 609 g/mol. The summed E-state index contributed by atoms with van der Waals surface area (Å²) in [5, 5.41) is 25.7. The van der Waals surface area contributed by atoms with Gasteiger partial charge in [0.25, 0.3) is 16.0 Å². The Morgan fingerprint density at radius 3 is 2.45 bits per heavy atom. The molecule has 1 amide bonds. The van der Waals surface area contributed by atoms with E-state index in [1.165, 1.54) is 18.2 Å². The second-order valence-electron chi connectivity index (χ2n) is 8.29. The first-order valence-electron chi connectivity index (χ1n) is 11.7. The van der Waals surface area contributed by atoms with Gasteiger partial charge < -0.3 is 15.2 Å². The molecule has 0 bridgehead atoms. The Balaban J connectivity index is 0.00000441. The Bertz CT molecular complexity index is 1730. The Kier molecular flexibility index (Phi) is 10.6. The summed E-state index contributed by atoms with van der Waals surface area (Å²) in [6.45, 7) is 3.88. The zero-order chi connectivity index (χ0) is 28.3. The van der Waals surface area contributed by atoms with Crippen LogP contribution in [0.2, 0.25) is 10.0 Å². The Labute approximate surface area is 263 Å². The maximum Gasteiger partial charge on any atom is 1.00 e. The van der Waals surface area contributed by atoms with Crippen LogP contribution >= 0.6 is 23.2 Å².